The van der Waals surface area contributed by atoms with Crippen LogP contribution in [0.4, 0.5) is 5.82 Å². The highest BCUT2D eigenvalue weighted by Gasteiger charge is 1.92. The fraction of sp³-hybridized carbons (Fsp3) is 0.222. The maximum absolute atomic E-state index is 3.96. The van der Waals surface area contributed by atoms with Crippen LogP contribution in [0.3, 0.4) is 0 Å². The summed E-state index contributed by atoms with van der Waals surface area (Å²) in [5.74, 6) is 0.799. The zero-order chi connectivity index (χ0) is 9.64. The van der Waals surface area contributed by atoms with E-state index in [9.17, 15) is 0 Å². The SMILES string of the molecule is c1cnnc(NCCn2ccnc2)c1. The summed E-state index contributed by atoms with van der Waals surface area (Å²) in [5.41, 5.74) is 0. The number of nitrogens with zero attached hydrogens (tertiary/aromatic N) is 4. The number of hydrogen-bond acceptors (Lipinski definition) is 4. The van der Waals surface area contributed by atoms with Gasteiger partial charge in [-0.1, -0.05) is 0 Å². The molecule has 2 aromatic rings. The Morgan fingerprint density at radius 3 is 3.07 bits per heavy atom. The molecule has 72 valence electrons. The molecule has 2 aromatic heterocycles. The number of hydrogen-bond donors (Lipinski definition) is 1. The monoisotopic (exact) mass is 189 g/mol. The normalized spacial score (nSPS) is 10.0. The highest BCUT2D eigenvalue weighted by molar-refractivity contribution is 5.30. The Kier molecular flexibility index (Phi) is 2.70. The molecule has 14 heavy (non-hydrogen) atoms. The lowest BCUT2D eigenvalue weighted by Crippen LogP contribution is -2.10. The van der Waals surface area contributed by atoms with Gasteiger partial charge in [-0.05, 0) is 12.1 Å². The Morgan fingerprint density at radius 1 is 1.36 bits per heavy atom. The van der Waals surface area contributed by atoms with Crippen LogP contribution in [0.2, 0.25) is 0 Å². The number of aromatic nitrogens is 4. The molecule has 0 unspecified atom stereocenters. The first kappa shape index (κ1) is 8.68. The molecule has 0 saturated heterocycles. The van der Waals surface area contributed by atoms with Gasteiger partial charge in [0.25, 0.3) is 0 Å². The molecule has 0 amide bonds. The lowest BCUT2D eigenvalue weighted by molar-refractivity contribution is 0.724. The predicted octanol–water partition coefficient (Wildman–Crippen LogP) is 0.785. The van der Waals surface area contributed by atoms with Crippen molar-refractivity contribution in [1.29, 1.82) is 0 Å². The number of anilines is 1. The summed E-state index contributed by atoms with van der Waals surface area (Å²) >= 11 is 0. The largest absolute Gasteiger partial charge is 0.367 e. The van der Waals surface area contributed by atoms with Crippen LogP contribution in [0.5, 0.6) is 0 Å². The molecule has 2 rings (SSSR count). The zero-order valence-electron chi connectivity index (χ0n) is 7.67. The molecule has 0 atom stereocenters. The van der Waals surface area contributed by atoms with Crippen molar-refractivity contribution in [3.05, 3.63) is 37.1 Å². The maximum Gasteiger partial charge on any atom is 0.148 e. The highest BCUT2D eigenvalue weighted by atomic mass is 15.2. The maximum atomic E-state index is 3.96. The number of rotatable bonds is 4. The average molecular weight is 189 g/mol. The zero-order valence-corrected chi connectivity index (χ0v) is 7.67. The van der Waals surface area contributed by atoms with Crippen LogP contribution in [-0.2, 0) is 6.54 Å². The minimum Gasteiger partial charge on any atom is -0.367 e. The standard InChI is InChI=1S/C9H11N5/c1-2-9(13-12-3-1)11-5-7-14-6-4-10-8-14/h1-4,6,8H,5,7H2,(H,11,13). The molecule has 2 heterocycles. The molecule has 0 aliphatic heterocycles. The summed E-state index contributed by atoms with van der Waals surface area (Å²) in [5, 5.41) is 10.8. The van der Waals surface area contributed by atoms with E-state index >= 15 is 0 Å². The molecule has 0 aliphatic carbocycles. The molecule has 0 fully saturated rings. The van der Waals surface area contributed by atoms with Gasteiger partial charge in [0.15, 0.2) is 0 Å². The lowest BCUT2D eigenvalue weighted by atomic mass is 10.5. The van der Waals surface area contributed by atoms with Crippen molar-refractivity contribution in [2.45, 2.75) is 6.54 Å². The van der Waals surface area contributed by atoms with Gasteiger partial charge in [0.2, 0.25) is 0 Å². The molecular formula is C9H11N5. The Labute approximate surface area is 81.8 Å². The molecule has 0 radical (unpaired) electrons. The van der Waals surface area contributed by atoms with Crippen molar-refractivity contribution in [2.75, 3.05) is 11.9 Å². The van der Waals surface area contributed by atoms with Gasteiger partial charge in [0.1, 0.15) is 5.82 Å². The van der Waals surface area contributed by atoms with E-state index in [1.807, 2.05) is 22.9 Å². The second-order valence-corrected chi connectivity index (χ2v) is 2.84. The summed E-state index contributed by atoms with van der Waals surface area (Å²) in [6, 6.07) is 3.74. The van der Waals surface area contributed by atoms with Crippen LogP contribution in [-0.4, -0.2) is 26.3 Å². The van der Waals surface area contributed by atoms with Crippen molar-refractivity contribution in [2.24, 2.45) is 0 Å². The predicted molar refractivity (Wildman–Crippen MR) is 52.7 cm³/mol. The topological polar surface area (TPSA) is 55.6 Å². The van der Waals surface area contributed by atoms with Gasteiger partial charge in [-0.3, -0.25) is 0 Å². The van der Waals surface area contributed by atoms with E-state index in [0.29, 0.717) is 0 Å². The second-order valence-electron chi connectivity index (χ2n) is 2.84. The van der Waals surface area contributed by atoms with Crippen LogP contribution >= 0.6 is 0 Å². The van der Waals surface area contributed by atoms with E-state index in [0.717, 1.165) is 18.9 Å². The molecular weight excluding hydrogens is 178 g/mol. The van der Waals surface area contributed by atoms with Crippen LogP contribution < -0.4 is 5.32 Å². The fourth-order valence-electron chi connectivity index (χ4n) is 1.13. The van der Waals surface area contributed by atoms with E-state index < -0.39 is 0 Å². The molecule has 0 aliphatic rings. The van der Waals surface area contributed by atoms with E-state index in [1.165, 1.54) is 0 Å². The summed E-state index contributed by atoms with van der Waals surface area (Å²) in [4.78, 5) is 3.96. The van der Waals surface area contributed by atoms with Gasteiger partial charge in [0.05, 0.1) is 6.33 Å². The molecule has 0 spiro atoms. The van der Waals surface area contributed by atoms with Crippen LogP contribution in [0.25, 0.3) is 0 Å². The summed E-state index contributed by atoms with van der Waals surface area (Å²) < 4.78 is 2.00. The summed E-state index contributed by atoms with van der Waals surface area (Å²) in [6.07, 6.45) is 7.14. The van der Waals surface area contributed by atoms with Crippen molar-refractivity contribution in [3.8, 4) is 0 Å². The minimum atomic E-state index is 0.799. The summed E-state index contributed by atoms with van der Waals surface area (Å²) in [6.45, 7) is 1.69. The molecule has 5 nitrogen and oxygen atoms in total. The third kappa shape index (κ3) is 2.29. The third-order valence-corrected chi connectivity index (χ3v) is 1.81. The van der Waals surface area contributed by atoms with Crippen molar-refractivity contribution in [3.63, 3.8) is 0 Å². The van der Waals surface area contributed by atoms with Gasteiger partial charge in [-0.2, -0.15) is 5.10 Å². The first-order valence-corrected chi connectivity index (χ1v) is 4.42. The van der Waals surface area contributed by atoms with Gasteiger partial charge in [0, 0.05) is 31.7 Å². The fourth-order valence-corrected chi connectivity index (χ4v) is 1.13. The number of imidazole rings is 1. The first-order valence-electron chi connectivity index (χ1n) is 4.42. The molecule has 5 heteroatoms. The molecule has 0 bridgehead atoms. The van der Waals surface area contributed by atoms with Crippen molar-refractivity contribution >= 4 is 5.82 Å². The van der Waals surface area contributed by atoms with Crippen molar-refractivity contribution in [1.82, 2.24) is 19.7 Å². The first-order chi connectivity index (χ1) is 6.95. The minimum absolute atomic E-state index is 0.799. The Morgan fingerprint density at radius 2 is 2.36 bits per heavy atom. The van der Waals surface area contributed by atoms with Gasteiger partial charge in [-0.15, -0.1) is 5.10 Å². The molecule has 1 N–H and O–H groups in total. The summed E-state index contributed by atoms with van der Waals surface area (Å²) in [7, 11) is 0. The second kappa shape index (κ2) is 4.36. The average Bonchev–Trinajstić information content (AvgIpc) is 2.72. The smallest absolute Gasteiger partial charge is 0.148 e. The third-order valence-electron chi connectivity index (χ3n) is 1.81. The lowest BCUT2D eigenvalue weighted by Gasteiger charge is -2.04. The van der Waals surface area contributed by atoms with Gasteiger partial charge in [-0.25, -0.2) is 4.98 Å². The van der Waals surface area contributed by atoms with E-state index in [2.05, 4.69) is 20.5 Å². The Balaban J connectivity index is 1.79. The highest BCUT2D eigenvalue weighted by Crippen LogP contribution is 1.96. The molecule has 0 saturated carbocycles. The van der Waals surface area contributed by atoms with E-state index in [1.54, 1.807) is 18.7 Å². The van der Waals surface area contributed by atoms with Crippen molar-refractivity contribution < 1.29 is 0 Å². The van der Waals surface area contributed by atoms with Gasteiger partial charge >= 0.3 is 0 Å². The Bertz CT molecular complexity index is 356. The van der Waals surface area contributed by atoms with E-state index in [-0.39, 0.29) is 0 Å². The van der Waals surface area contributed by atoms with Crippen LogP contribution in [0.15, 0.2) is 37.1 Å². The van der Waals surface area contributed by atoms with Gasteiger partial charge < -0.3 is 9.88 Å². The number of nitrogens with one attached hydrogen (secondary N) is 1. The molecule has 0 aromatic carbocycles. The van der Waals surface area contributed by atoms with E-state index in [4.69, 9.17) is 0 Å². The van der Waals surface area contributed by atoms with Crippen LogP contribution in [0, 0.1) is 0 Å². The Hall–Kier alpha value is -1.91. The van der Waals surface area contributed by atoms with Crippen LogP contribution in [0.1, 0.15) is 0 Å². The quantitative estimate of drug-likeness (QED) is 0.772.